The maximum absolute atomic E-state index is 10.1. The van der Waals surface area contributed by atoms with Gasteiger partial charge in [-0.25, -0.2) is 0 Å². The summed E-state index contributed by atoms with van der Waals surface area (Å²) in [6.07, 6.45) is 7.83. The van der Waals surface area contributed by atoms with Gasteiger partial charge in [0.15, 0.2) is 5.79 Å². The fraction of sp³-hybridized carbons (Fsp3) is 1.00. The molecule has 0 aliphatic heterocycles. The van der Waals surface area contributed by atoms with Gasteiger partial charge >= 0.3 is 0 Å². The lowest BCUT2D eigenvalue weighted by Crippen LogP contribution is -2.47. The molecule has 2 nitrogen and oxygen atoms in total. The minimum absolute atomic E-state index is 0.310. The molecule has 0 aromatic rings. The van der Waals surface area contributed by atoms with Crippen molar-refractivity contribution in [3.63, 3.8) is 0 Å². The van der Waals surface area contributed by atoms with Gasteiger partial charge in [0, 0.05) is 5.41 Å². The monoisotopic (exact) mass is 230 g/mol. The molecule has 0 spiro atoms. The van der Waals surface area contributed by atoms with Crippen LogP contribution in [0.3, 0.4) is 0 Å². The zero-order valence-electron chi connectivity index (χ0n) is 11.6. The summed E-state index contributed by atoms with van der Waals surface area (Å²) in [5.74, 6) is -1.50. The summed E-state index contributed by atoms with van der Waals surface area (Å²) >= 11 is 0. The van der Waals surface area contributed by atoms with Crippen molar-refractivity contribution in [2.24, 2.45) is 5.41 Å². The zero-order chi connectivity index (χ0) is 12.7. The molecular weight excluding hydrogens is 200 g/mol. The molecule has 0 aliphatic carbocycles. The third-order valence-electron chi connectivity index (χ3n) is 4.20. The molecule has 2 heteroatoms. The number of hydrogen-bond donors (Lipinski definition) is 2. The van der Waals surface area contributed by atoms with Gasteiger partial charge in [0.2, 0.25) is 0 Å². The summed E-state index contributed by atoms with van der Waals surface area (Å²) in [7, 11) is 0. The summed E-state index contributed by atoms with van der Waals surface area (Å²) in [6, 6.07) is 0. The van der Waals surface area contributed by atoms with E-state index in [4.69, 9.17) is 0 Å². The quantitative estimate of drug-likeness (QED) is 0.466. The molecule has 0 saturated heterocycles. The average Bonchev–Trinajstić information content (AvgIpc) is 2.29. The molecule has 0 rings (SSSR count). The Labute approximate surface area is 101 Å². The lowest BCUT2D eigenvalue weighted by molar-refractivity contribution is -0.250. The van der Waals surface area contributed by atoms with Gasteiger partial charge in [0.1, 0.15) is 0 Å². The van der Waals surface area contributed by atoms with Crippen LogP contribution >= 0.6 is 0 Å². The van der Waals surface area contributed by atoms with Crippen molar-refractivity contribution in [3.05, 3.63) is 0 Å². The molecule has 0 radical (unpaired) electrons. The average molecular weight is 230 g/mol. The zero-order valence-corrected chi connectivity index (χ0v) is 11.6. The standard InChI is InChI=1S/C14H30O2/c1-5-9-10-11-12-13(6-2,7-3)14(15,16)8-4/h15-16H,5-12H2,1-4H3. The highest BCUT2D eigenvalue weighted by Crippen LogP contribution is 2.43. The van der Waals surface area contributed by atoms with Crippen LogP contribution in [0.2, 0.25) is 0 Å². The molecule has 98 valence electrons. The van der Waals surface area contributed by atoms with Gasteiger partial charge in [-0.1, -0.05) is 53.4 Å². The van der Waals surface area contributed by atoms with Crippen LogP contribution in [0.5, 0.6) is 0 Å². The molecule has 0 heterocycles. The van der Waals surface area contributed by atoms with Crippen molar-refractivity contribution < 1.29 is 10.2 Å². The Morgan fingerprint density at radius 3 is 1.69 bits per heavy atom. The van der Waals surface area contributed by atoms with E-state index in [2.05, 4.69) is 20.8 Å². The Bertz CT molecular complexity index is 172. The Kier molecular flexibility index (Phi) is 7.25. The lowest BCUT2D eigenvalue weighted by Gasteiger charge is -2.43. The van der Waals surface area contributed by atoms with E-state index in [1.807, 2.05) is 6.92 Å². The van der Waals surface area contributed by atoms with Crippen LogP contribution in [-0.2, 0) is 0 Å². The highest BCUT2D eigenvalue weighted by molar-refractivity contribution is 4.88. The highest BCUT2D eigenvalue weighted by Gasteiger charge is 2.44. The smallest absolute Gasteiger partial charge is 0.167 e. The maximum Gasteiger partial charge on any atom is 0.167 e. The third kappa shape index (κ3) is 3.74. The highest BCUT2D eigenvalue weighted by atomic mass is 16.5. The lowest BCUT2D eigenvalue weighted by atomic mass is 9.70. The van der Waals surface area contributed by atoms with Crippen LogP contribution in [0.15, 0.2) is 0 Å². The summed E-state index contributed by atoms with van der Waals surface area (Å²) in [5, 5.41) is 20.3. The number of hydrogen-bond acceptors (Lipinski definition) is 2. The van der Waals surface area contributed by atoms with E-state index in [0.717, 1.165) is 25.7 Å². The van der Waals surface area contributed by atoms with Crippen molar-refractivity contribution in [3.8, 4) is 0 Å². The maximum atomic E-state index is 10.1. The minimum Gasteiger partial charge on any atom is -0.365 e. The van der Waals surface area contributed by atoms with Gasteiger partial charge in [-0.2, -0.15) is 0 Å². The summed E-state index contributed by atoms with van der Waals surface area (Å²) in [5.41, 5.74) is -0.310. The van der Waals surface area contributed by atoms with Gasteiger partial charge < -0.3 is 10.2 Å². The van der Waals surface area contributed by atoms with E-state index < -0.39 is 5.79 Å². The minimum atomic E-state index is -1.50. The van der Waals surface area contributed by atoms with E-state index in [9.17, 15) is 10.2 Å². The molecule has 16 heavy (non-hydrogen) atoms. The van der Waals surface area contributed by atoms with E-state index in [0.29, 0.717) is 6.42 Å². The Hall–Kier alpha value is -0.0800. The fourth-order valence-corrected chi connectivity index (χ4v) is 2.64. The molecule has 0 saturated carbocycles. The Morgan fingerprint density at radius 1 is 0.750 bits per heavy atom. The first-order valence-corrected chi connectivity index (χ1v) is 6.94. The van der Waals surface area contributed by atoms with E-state index >= 15 is 0 Å². The van der Waals surface area contributed by atoms with Gasteiger partial charge in [0.05, 0.1) is 0 Å². The Balaban J connectivity index is 4.44. The second-order valence-electron chi connectivity index (χ2n) is 4.97. The SMILES string of the molecule is CCCCCCC(CC)(CC)C(O)(O)CC. The molecule has 0 aliphatic rings. The van der Waals surface area contributed by atoms with Gasteiger partial charge in [0.25, 0.3) is 0 Å². The topological polar surface area (TPSA) is 40.5 Å². The van der Waals surface area contributed by atoms with E-state index in [1.54, 1.807) is 0 Å². The molecular formula is C14H30O2. The second-order valence-corrected chi connectivity index (χ2v) is 4.97. The van der Waals surface area contributed by atoms with Gasteiger partial charge in [-0.05, 0) is 25.7 Å². The number of rotatable bonds is 9. The van der Waals surface area contributed by atoms with Gasteiger partial charge in [-0.15, -0.1) is 0 Å². The largest absolute Gasteiger partial charge is 0.365 e. The molecule has 2 N–H and O–H groups in total. The predicted octanol–water partition coefficient (Wildman–Crippen LogP) is 3.85. The number of aliphatic hydroxyl groups is 2. The van der Waals surface area contributed by atoms with Crippen LogP contribution in [0.4, 0.5) is 0 Å². The first-order valence-electron chi connectivity index (χ1n) is 6.94. The van der Waals surface area contributed by atoms with Crippen LogP contribution in [-0.4, -0.2) is 16.0 Å². The Morgan fingerprint density at radius 2 is 1.31 bits per heavy atom. The van der Waals surface area contributed by atoms with Crippen LogP contribution in [0, 0.1) is 5.41 Å². The van der Waals surface area contributed by atoms with E-state index in [-0.39, 0.29) is 5.41 Å². The predicted molar refractivity (Wildman–Crippen MR) is 69.2 cm³/mol. The number of unbranched alkanes of at least 4 members (excludes halogenated alkanes) is 3. The summed E-state index contributed by atoms with van der Waals surface area (Å²) in [6.45, 7) is 8.19. The summed E-state index contributed by atoms with van der Waals surface area (Å²) in [4.78, 5) is 0. The molecule has 0 atom stereocenters. The van der Waals surface area contributed by atoms with Crippen LogP contribution in [0.1, 0.15) is 79.1 Å². The van der Waals surface area contributed by atoms with Gasteiger partial charge in [-0.3, -0.25) is 0 Å². The van der Waals surface area contributed by atoms with Crippen LogP contribution in [0.25, 0.3) is 0 Å². The fourth-order valence-electron chi connectivity index (χ4n) is 2.64. The third-order valence-corrected chi connectivity index (χ3v) is 4.20. The van der Waals surface area contributed by atoms with Crippen LogP contribution < -0.4 is 0 Å². The van der Waals surface area contributed by atoms with Crippen molar-refractivity contribution in [2.75, 3.05) is 0 Å². The first kappa shape index (κ1) is 15.9. The normalized spacial score (nSPS) is 13.1. The van der Waals surface area contributed by atoms with Crippen molar-refractivity contribution in [1.29, 1.82) is 0 Å². The van der Waals surface area contributed by atoms with Crippen molar-refractivity contribution in [2.45, 2.75) is 84.8 Å². The second kappa shape index (κ2) is 7.29. The molecule has 0 bridgehead atoms. The van der Waals surface area contributed by atoms with Crippen molar-refractivity contribution in [1.82, 2.24) is 0 Å². The molecule has 0 aromatic heterocycles. The summed E-state index contributed by atoms with van der Waals surface area (Å²) < 4.78 is 0. The first-order chi connectivity index (χ1) is 7.49. The molecule has 0 fully saturated rings. The molecule has 0 amide bonds. The molecule has 0 aromatic carbocycles. The molecule has 0 unspecified atom stereocenters. The van der Waals surface area contributed by atoms with E-state index in [1.165, 1.54) is 19.3 Å². The van der Waals surface area contributed by atoms with Crippen molar-refractivity contribution >= 4 is 0 Å².